The molecule has 3 rings (SSSR count). The van der Waals surface area contributed by atoms with E-state index in [-0.39, 0.29) is 42.7 Å². The summed E-state index contributed by atoms with van der Waals surface area (Å²) < 4.78 is 27.1. The molecule has 0 bridgehead atoms. The maximum atomic E-state index is 14.0. The van der Waals surface area contributed by atoms with Crippen molar-refractivity contribution >= 4 is 42.2 Å². The molecule has 1 N–H and O–H groups in total. The summed E-state index contributed by atoms with van der Waals surface area (Å²) in [4.78, 5) is 13.2. The van der Waals surface area contributed by atoms with Crippen LogP contribution in [0.25, 0.3) is 0 Å². The SMILES string of the molecule is O=C(O)[C@@H]1CN(c2ccc(Cl)nn2)C[C@H]1c1ccc(F)cc1F.[LiH]. The zero-order chi connectivity index (χ0) is 16.6. The number of halogens is 3. The number of nitrogens with zero attached hydrogens (tertiary/aromatic N) is 3. The molecule has 1 aliphatic rings. The van der Waals surface area contributed by atoms with Crippen molar-refractivity contribution in [2.75, 3.05) is 18.0 Å². The van der Waals surface area contributed by atoms with E-state index in [2.05, 4.69) is 10.2 Å². The summed E-state index contributed by atoms with van der Waals surface area (Å²) in [7, 11) is 0. The van der Waals surface area contributed by atoms with Crippen LogP contribution in [0.2, 0.25) is 5.15 Å². The average Bonchev–Trinajstić information content (AvgIpc) is 2.93. The average molecular weight is 348 g/mol. The zero-order valence-electron chi connectivity index (χ0n) is 11.8. The number of anilines is 1. The van der Waals surface area contributed by atoms with E-state index in [1.807, 2.05) is 0 Å². The van der Waals surface area contributed by atoms with Crippen LogP contribution < -0.4 is 4.90 Å². The summed E-state index contributed by atoms with van der Waals surface area (Å²) in [6, 6.07) is 6.35. The number of rotatable bonds is 3. The van der Waals surface area contributed by atoms with Gasteiger partial charge < -0.3 is 10.0 Å². The Hall–Kier alpha value is -1.68. The molecule has 0 saturated carbocycles. The van der Waals surface area contributed by atoms with Gasteiger partial charge in [0.05, 0.1) is 5.92 Å². The Morgan fingerprint density at radius 1 is 1.21 bits per heavy atom. The monoisotopic (exact) mass is 347 g/mol. The van der Waals surface area contributed by atoms with Crippen LogP contribution in [0, 0.1) is 17.6 Å². The Balaban J connectivity index is 0.00000208. The van der Waals surface area contributed by atoms with Gasteiger partial charge in [0, 0.05) is 25.1 Å². The fourth-order valence-corrected chi connectivity index (χ4v) is 2.94. The van der Waals surface area contributed by atoms with Gasteiger partial charge in [-0.05, 0) is 23.8 Å². The van der Waals surface area contributed by atoms with E-state index in [1.165, 1.54) is 6.07 Å². The third-order valence-corrected chi connectivity index (χ3v) is 4.14. The second kappa shape index (κ2) is 7.47. The second-order valence-corrected chi connectivity index (χ2v) is 5.72. The molecule has 0 amide bonds. The minimum absolute atomic E-state index is 0. The number of carboxylic acid groups (broad SMARTS) is 1. The Morgan fingerprint density at radius 2 is 1.96 bits per heavy atom. The van der Waals surface area contributed by atoms with Gasteiger partial charge in [-0.15, -0.1) is 10.2 Å². The van der Waals surface area contributed by atoms with E-state index in [9.17, 15) is 18.7 Å². The molecular formula is C15H13ClF2LiN3O2. The summed E-state index contributed by atoms with van der Waals surface area (Å²) in [5, 5.41) is 17.3. The van der Waals surface area contributed by atoms with Crippen LogP contribution in [0.3, 0.4) is 0 Å². The molecule has 1 aliphatic heterocycles. The predicted octanol–water partition coefficient (Wildman–Crippen LogP) is 2.06. The van der Waals surface area contributed by atoms with E-state index >= 15 is 0 Å². The normalized spacial score (nSPS) is 19.9. The summed E-state index contributed by atoms with van der Waals surface area (Å²) in [6.07, 6.45) is 0. The van der Waals surface area contributed by atoms with Crippen LogP contribution in [-0.4, -0.2) is 53.2 Å². The Bertz CT molecular complexity index is 748. The van der Waals surface area contributed by atoms with Gasteiger partial charge in [-0.3, -0.25) is 4.79 Å². The number of hydrogen-bond acceptors (Lipinski definition) is 4. The van der Waals surface area contributed by atoms with Gasteiger partial charge in [0.2, 0.25) is 0 Å². The number of aromatic nitrogens is 2. The van der Waals surface area contributed by atoms with Crippen LogP contribution >= 0.6 is 11.6 Å². The van der Waals surface area contributed by atoms with Crippen molar-refractivity contribution in [1.82, 2.24) is 10.2 Å². The van der Waals surface area contributed by atoms with Crippen molar-refractivity contribution < 1.29 is 18.7 Å². The van der Waals surface area contributed by atoms with Crippen molar-refractivity contribution in [3.63, 3.8) is 0 Å². The number of aliphatic carboxylic acids is 1. The molecule has 1 aromatic carbocycles. The topological polar surface area (TPSA) is 66.3 Å². The first-order chi connectivity index (χ1) is 11.0. The van der Waals surface area contributed by atoms with Crippen LogP contribution in [0.4, 0.5) is 14.6 Å². The molecule has 2 atom stereocenters. The Labute approximate surface area is 153 Å². The molecule has 24 heavy (non-hydrogen) atoms. The quantitative estimate of drug-likeness (QED) is 0.861. The maximum absolute atomic E-state index is 14.0. The van der Waals surface area contributed by atoms with Crippen molar-refractivity contribution in [2.24, 2.45) is 5.92 Å². The summed E-state index contributed by atoms with van der Waals surface area (Å²) >= 11 is 5.69. The van der Waals surface area contributed by atoms with Crippen LogP contribution in [0.5, 0.6) is 0 Å². The first-order valence-electron chi connectivity index (χ1n) is 6.87. The third-order valence-electron chi connectivity index (χ3n) is 3.94. The van der Waals surface area contributed by atoms with Gasteiger partial charge in [-0.25, -0.2) is 8.78 Å². The van der Waals surface area contributed by atoms with E-state index in [0.29, 0.717) is 5.82 Å². The standard InChI is InChI=1S/C15H12ClF2N3O2.Li.H/c16-13-3-4-14(20-19-13)21-6-10(11(7-21)15(22)23)9-2-1-8(17)5-12(9)18;;/h1-5,10-11H,6-7H2,(H,22,23);;/t10-,11+;;/m0../s1. The van der Waals surface area contributed by atoms with Gasteiger partial charge in [0.15, 0.2) is 11.0 Å². The van der Waals surface area contributed by atoms with E-state index in [4.69, 9.17) is 11.6 Å². The molecule has 122 valence electrons. The van der Waals surface area contributed by atoms with Crippen LogP contribution in [-0.2, 0) is 4.79 Å². The fraction of sp³-hybridized carbons (Fsp3) is 0.267. The number of carboxylic acids is 1. The van der Waals surface area contributed by atoms with Crippen LogP contribution in [0.15, 0.2) is 30.3 Å². The van der Waals surface area contributed by atoms with E-state index in [1.54, 1.807) is 17.0 Å². The van der Waals surface area contributed by atoms with Gasteiger partial charge >= 0.3 is 24.8 Å². The van der Waals surface area contributed by atoms with Crippen molar-refractivity contribution in [3.8, 4) is 0 Å². The molecule has 1 fully saturated rings. The molecule has 0 unspecified atom stereocenters. The zero-order valence-corrected chi connectivity index (χ0v) is 12.5. The molecule has 0 aliphatic carbocycles. The van der Waals surface area contributed by atoms with Crippen molar-refractivity contribution in [3.05, 3.63) is 52.7 Å². The molecular weight excluding hydrogens is 335 g/mol. The summed E-state index contributed by atoms with van der Waals surface area (Å²) in [5.74, 6) is -3.45. The first kappa shape index (κ1) is 18.7. The molecule has 0 spiro atoms. The van der Waals surface area contributed by atoms with Crippen molar-refractivity contribution in [2.45, 2.75) is 5.92 Å². The first-order valence-corrected chi connectivity index (χ1v) is 7.25. The van der Waals surface area contributed by atoms with Gasteiger partial charge in [-0.1, -0.05) is 17.7 Å². The summed E-state index contributed by atoms with van der Waals surface area (Å²) in [6.45, 7) is 0.406. The van der Waals surface area contributed by atoms with Gasteiger partial charge in [0.25, 0.3) is 0 Å². The second-order valence-electron chi connectivity index (χ2n) is 5.34. The molecule has 1 aromatic heterocycles. The van der Waals surface area contributed by atoms with Crippen molar-refractivity contribution in [1.29, 1.82) is 0 Å². The number of benzene rings is 1. The Morgan fingerprint density at radius 3 is 2.54 bits per heavy atom. The Kier molecular flexibility index (Phi) is 5.81. The number of carbonyl (C=O) groups is 1. The van der Waals surface area contributed by atoms with E-state index in [0.717, 1.165) is 12.1 Å². The van der Waals surface area contributed by atoms with E-state index < -0.39 is 29.4 Å². The van der Waals surface area contributed by atoms with Gasteiger partial charge in [0.1, 0.15) is 11.6 Å². The third kappa shape index (κ3) is 3.69. The fourth-order valence-electron chi connectivity index (χ4n) is 2.84. The minimum atomic E-state index is -1.04. The molecule has 0 radical (unpaired) electrons. The number of hydrogen-bond donors (Lipinski definition) is 1. The molecule has 1 saturated heterocycles. The molecule has 2 heterocycles. The summed E-state index contributed by atoms with van der Waals surface area (Å²) in [5.41, 5.74) is 0.184. The predicted molar refractivity (Wildman–Crippen MR) is 86.6 cm³/mol. The molecule has 2 aromatic rings. The molecule has 9 heteroatoms. The molecule has 5 nitrogen and oxygen atoms in total. The van der Waals surface area contributed by atoms with Crippen LogP contribution in [0.1, 0.15) is 11.5 Å². The van der Waals surface area contributed by atoms with Gasteiger partial charge in [-0.2, -0.15) is 0 Å².